The number of hydrogen-bond donors (Lipinski definition) is 1. The van der Waals surface area contributed by atoms with Crippen LogP contribution in [0.2, 0.25) is 0 Å². The molecule has 1 aliphatic rings. The number of ether oxygens (including phenoxy) is 2. The van der Waals surface area contributed by atoms with E-state index in [4.69, 9.17) is 19.4 Å². The topological polar surface area (TPSA) is 96.4 Å². The Labute approximate surface area is 202 Å². The molecule has 1 rings (SSSR count). The Morgan fingerprint density at radius 1 is 0.970 bits per heavy atom. The molecule has 1 fully saturated rings. The number of carboxylic acid groups (broad SMARTS) is 1. The van der Waals surface area contributed by atoms with Crippen LogP contribution in [-0.2, 0) is 23.9 Å². The molecule has 1 N–H and O–H groups in total. The van der Waals surface area contributed by atoms with Crippen LogP contribution < -0.4 is 0 Å². The SMILES string of the molecule is CCCC.CCCOCCOCCN(C(=O)CCC(C)=O)C1CCN(C(C)C)CC1.O=CO. The summed E-state index contributed by atoms with van der Waals surface area (Å²) in [6, 6.07) is 0.800. The lowest BCUT2D eigenvalue weighted by Gasteiger charge is -2.40. The molecule has 1 heterocycles. The summed E-state index contributed by atoms with van der Waals surface area (Å²) in [5.41, 5.74) is 0. The molecule has 196 valence electrons. The Bertz CT molecular complexity index is 478. The van der Waals surface area contributed by atoms with Crippen LogP contribution in [0.25, 0.3) is 0 Å². The van der Waals surface area contributed by atoms with Gasteiger partial charge in [-0.3, -0.25) is 9.59 Å². The van der Waals surface area contributed by atoms with E-state index >= 15 is 0 Å². The minimum absolute atomic E-state index is 0.0669. The van der Waals surface area contributed by atoms with Gasteiger partial charge in [0, 0.05) is 51.2 Å². The van der Waals surface area contributed by atoms with Crippen LogP contribution in [0.3, 0.4) is 0 Å². The van der Waals surface area contributed by atoms with Gasteiger partial charge in [-0.15, -0.1) is 0 Å². The Morgan fingerprint density at radius 2 is 1.48 bits per heavy atom. The number of rotatable bonds is 14. The molecule has 0 unspecified atom stereocenters. The first-order chi connectivity index (χ1) is 15.8. The number of piperidine rings is 1. The van der Waals surface area contributed by atoms with Crippen molar-refractivity contribution >= 4 is 18.2 Å². The standard InChI is InChI=1S/C20H38N2O4.C4H10.CH2O2/c1-5-13-25-15-16-26-14-12-22(20(24)7-6-18(4)23)19-8-10-21(11-9-19)17(2)3;1-3-4-2;2-1-3/h17,19H,5-16H2,1-4H3;3-4H2,1-2H3;1H,(H,2,3). The normalized spacial score (nSPS) is 14.0. The Morgan fingerprint density at radius 3 is 1.91 bits per heavy atom. The quantitative estimate of drug-likeness (QED) is 0.300. The Balaban J connectivity index is 0. The lowest BCUT2D eigenvalue weighted by atomic mass is 10.0. The number of nitrogens with zero attached hydrogens (tertiary/aromatic N) is 2. The first-order valence-corrected chi connectivity index (χ1v) is 12.5. The molecule has 0 aromatic carbocycles. The van der Waals surface area contributed by atoms with Crippen molar-refractivity contribution in [2.24, 2.45) is 0 Å². The van der Waals surface area contributed by atoms with Crippen molar-refractivity contribution in [2.75, 3.05) is 46.1 Å². The maximum atomic E-state index is 12.6. The molecular weight excluding hydrogens is 424 g/mol. The number of ketones is 1. The van der Waals surface area contributed by atoms with Crippen molar-refractivity contribution in [1.29, 1.82) is 0 Å². The van der Waals surface area contributed by atoms with Gasteiger partial charge < -0.3 is 29.2 Å². The molecule has 0 aromatic rings. The zero-order valence-corrected chi connectivity index (χ0v) is 22.0. The van der Waals surface area contributed by atoms with Gasteiger partial charge in [0.1, 0.15) is 5.78 Å². The summed E-state index contributed by atoms with van der Waals surface area (Å²) >= 11 is 0. The van der Waals surface area contributed by atoms with Crippen molar-refractivity contribution in [3.05, 3.63) is 0 Å². The fraction of sp³-hybridized carbons (Fsp3) is 0.880. The monoisotopic (exact) mass is 474 g/mol. The summed E-state index contributed by atoms with van der Waals surface area (Å²) in [7, 11) is 0. The smallest absolute Gasteiger partial charge is 0.290 e. The number of likely N-dealkylation sites (tertiary alicyclic amines) is 1. The van der Waals surface area contributed by atoms with Gasteiger partial charge in [0.15, 0.2) is 0 Å². The highest BCUT2D eigenvalue weighted by atomic mass is 16.5. The molecular formula is C25H50N2O6. The largest absolute Gasteiger partial charge is 0.483 e. The van der Waals surface area contributed by atoms with E-state index in [1.165, 1.54) is 19.8 Å². The number of carbonyl (C=O) groups excluding carboxylic acids is 2. The average Bonchev–Trinajstić information content (AvgIpc) is 2.80. The van der Waals surface area contributed by atoms with E-state index in [2.05, 4.69) is 39.5 Å². The molecule has 8 nitrogen and oxygen atoms in total. The van der Waals surface area contributed by atoms with E-state index in [9.17, 15) is 9.59 Å². The second-order valence-electron chi connectivity index (χ2n) is 8.48. The molecule has 1 amide bonds. The molecule has 33 heavy (non-hydrogen) atoms. The summed E-state index contributed by atoms with van der Waals surface area (Å²) in [4.78, 5) is 36.6. The molecule has 8 heteroatoms. The predicted octanol–water partition coefficient (Wildman–Crippen LogP) is 4.01. The Kier molecular flexibility index (Phi) is 24.1. The highest BCUT2D eigenvalue weighted by Crippen LogP contribution is 2.19. The third-order valence-corrected chi connectivity index (χ3v) is 5.38. The van der Waals surface area contributed by atoms with Crippen LogP contribution >= 0.6 is 0 Å². The first kappa shape index (κ1) is 33.7. The molecule has 0 atom stereocenters. The summed E-state index contributed by atoms with van der Waals surface area (Å²) < 4.78 is 11.0. The van der Waals surface area contributed by atoms with Gasteiger partial charge in [-0.05, 0) is 40.0 Å². The number of Topliss-reactive ketones (excluding diaryl/α,β-unsaturated/α-hetero) is 1. The highest BCUT2D eigenvalue weighted by Gasteiger charge is 2.28. The summed E-state index contributed by atoms with van der Waals surface area (Å²) in [6.45, 7) is 17.2. The van der Waals surface area contributed by atoms with E-state index in [0.29, 0.717) is 45.2 Å². The van der Waals surface area contributed by atoms with Crippen molar-refractivity contribution in [3.63, 3.8) is 0 Å². The van der Waals surface area contributed by atoms with Gasteiger partial charge in [0.25, 0.3) is 6.47 Å². The molecule has 0 aromatic heterocycles. The molecule has 1 saturated heterocycles. The van der Waals surface area contributed by atoms with Gasteiger partial charge >= 0.3 is 0 Å². The van der Waals surface area contributed by atoms with Crippen molar-refractivity contribution in [1.82, 2.24) is 9.80 Å². The molecule has 1 aliphatic heterocycles. The minimum Gasteiger partial charge on any atom is -0.483 e. The van der Waals surface area contributed by atoms with E-state index in [0.717, 1.165) is 39.0 Å². The molecule has 0 radical (unpaired) electrons. The first-order valence-electron chi connectivity index (χ1n) is 12.5. The van der Waals surface area contributed by atoms with Crippen LogP contribution in [-0.4, -0.2) is 91.2 Å². The molecule has 0 bridgehead atoms. The maximum absolute atomic E-state index is 12.6. The van der Waals surface area contributed by atoms with Crippen LogP contribution in [0.15, 0.2) is 0 Å². The van der Waals surface area contributed by atoms with Crippen LogP contribution in [0.1, 0.15) is 86.5 Å². The van der Waals surface area contributed by atoms with Gasteiger partial charge in [0.2, 0.25) is 5.91 Å². The molecule has 0 spiro atoms. The number of hydrogen-bond acceptors (Lipinski definition) is 6. The van der Waals surface area contributed by atoms with Crippen molar-refractivity contribution < 1.29 is 29.0 Å². The minimum atomic E-state index is -0.250. The van der Waals surface area contributed by atoms with Crippen LogP contribution in [0.5, 0.6) is 0 Å². The fourth-order valence-corrected chi connectivity index (χ4v) is 3.28. The second kappa shape index (κ2) is 23.6. The van der Waals surface area contributed by atoms with E-state index in [1.54, 1.807) is 0 Å². The van der Waals surface area contributed by atoms with Gasteiger partial charge in [-0.2, -0.15) is 0 Å². The zero-order valence-electron chi connectivity index (χ0n) is 22.0. The average molecular weight is 475 g/mol. The van der Waals surface area contributed by atoms with Crippen LogP contribution in [0, 0.1) is 0 Å². The summed E-state index contributed by atoms with van der Waals surface area (Å²) in [5.74, 6) is 0.145. The van der Waals surface area contributed by atoms with Gasteiger partial charge in [-0.25, -0.2) is 0 Å². The van der Waals surface area contributed by atoms with Gasteiger partial charge in [-0.1, -0.05) is 33.6 Å². The third kappa shape index (κ3) is 19.6. The van der Waals surface area contributed by atoms with E-state index < -0.39 is 0 Å². The molecule has 0 saturated carbocycles. The number of amides is 1. The fourth-order valence-electron chi connectivity index (χ4n) is 3.28. The van der Waals surface area contributed by atoms with Gasteiger partial charge in [0.05, 0.1) is 19.8 Å². The predicted molar refractivity (Wildman–Crippen MR) is 133 cm³/mol. The van der Waals surface area contributed by atoms with Crippen LogP contribution in [0.4, 0.5) is 0 Å². The molecule has 0 aliphatic carbocycles. The highest BCUT2D eigenvalue weighted by molar-refractivity contribution is 5.83. The van der Waals surface area contributed by atoms with E-state index in [-0.39, 0.29) is 24.2 Å². The summed E-state index contributed by atoms with van der Waals surface area (Å²) in [6.07, 6.45) is 6.26. The maximum Gasteiger partial charge on any atom is 0.290 e. The van der Waals surface area contributed by atoms with E-state index in [1.807, 2.05) is 4.90 Å². The van der Waals surface area contributed by atoms with Crippen molar-refractivity contribution in [3.8, 4) is 0 Å². The lowest BCUT2D eigenvalue weighted by Crippen LogP contribution is -2.49. The second-order valence-corrected chi connectivity index (χ2v) is 8.48. The number of unbranched alkanes of at least 4 members (excludes halogenated alkanes) is 1. The Hall–Kier alpha value is -1.51. The third-order valence-electron chi connectivity index (χ3n) is 5.38. The zero-order chi connectivity index (χ0) is 25.5. The lowest BCUT2D eigenvalue weighted by molar-refractivity contribution is -0.137. The van der Waals surface area contributed by atoms with Crippen molar-refractivity contribution in [2.45, 2.75) is 98.6 Å². The number of carbonyl (C=O) groups is 3. The summed E-state index contributed by atoms with van der Waals surface area (Å²) in [5, 5.41) is 6.89.